The van der Waals surface area contributed by atoms with E-state index in [0.717, 1.165) is 49.8 Å². The number of benzene rings is 7. The zero-order valence-corrected chi connectivity index (χ0v) is 29.9. The molecule has 1 aliphatic rings. The molecule has 0 fully saturated rings. The first-order valence-corrected chi connectivity index (χ1v) is 18.7. The molecule has 3 heterocycles. The molecule has 0 saturated heterocycles. The van der Waals surface area contributed by atoms with Crippen LogP contribution in [-0.4, -0.2) is 15.0 Å². The monoisotopic (exact) mass is 697 g/mol. The summed E-state index contributed by atoms with van der Waals surface area (Å²) in [5.74, 6) is 1.89. The van der Waals surface area contributed by atoms with Crippen molar-refractivity contribution in [1.82, 2.24) is 15.0 Å². The summed E-state index contributed by atoms with van der Waals surface area (Å²) in [6.07, 6.45) is 0. The zero-order valence-electron chi connectivity index (χ0n) is 29.1. The minimum absolute atomic E-state index is 0.0814. The predicted octanol–water partition coefficient (Wildman–Crippen LogP) is 13.1. The average molecular weight is 698 g/mol. The Morgan fingerprint density at radius 3 is 1.89 bits per heavy atom. The summed E-state index contributed by atoms with van der Waals surface area (Å²) in [6, 6.07) is 53.6. The van der Waals surface area contributed by atoms with Gasteiger partial charge in [-0.3, -0.25) is 0 Å². The van der Waals surface area contributed by atoms with Crippen LogP contribution in [0.2, 0.25) is 0 Å². The summed E-state index contributed by atoms with van der Waals surface area (Å²) in [5, 5.41) is 4.68. The van der Waals surface area contributed by atoms with Crippen molar-refractivity contribution in [3.63, 3.8) is 0 Å². The van der Waals surface area contributed by atoms with Gasteiger partial charge >= 0.3 is 0 Å². The fraction of sp³-hybridized carbons (Fsp3) is 0.0625. The van der Waals surface area contributed by atoms with Crippen LogP contribution in [0.15, 0.2) is 156 Å². The number of rotatable bonds is 4. The lowest BCUT2D eigenvalue weighted by atomic mass is 9.82. The highest BCUT2D eigenvalue weighted by molar-refractivity contribution is 7.25. The molecule has 7 aromatic carbocycles. The van der Waals surface area contributed by atoms with Crippen molar-refractivity contribution >= 4 is 53.4 Å². The van der Waals surface area contributed by atoms with Crippen molar-refractivity contribution in [3.05, 3.63) is 163 Å². The highest BCUT2D eigenvalue weighted by Gasteiger charge is 2.35. The second-order valence-electron chi connectivity index (χ2n) is 14.4. The van der Waals surface area contributed by atoms with Gasteiger partial charge in [0.15, 0.2) is 17.5 Å². The molecule has 0 spiro atoms. The number of fused-ring (bicyclic) bond motifs is 9. The molecule has 4 nitrogen and oxygen atoms in total. The third-order valence-electron chi connectivity index (χ3n) is 11.0. The lowest BCUT2D eigenvalue weighted by Crippen LogP contribution is -2.14. The Bertz CT molecular complexity index is 3100. The second-order valence-corrected chi connectivity index (χ2v) is 15.5. The minimum Gasteiger partial charge on any atom is -0.456 e. The van der Waals surface area contributed by atoms with Crippen molar-refractivity contribution in [1.29, 1.82) is 0 Å². The van der Waals surface area contributed by atoms with E-state index in [1.807, 2.05) is 12.1 Å². The van der Waals surface area contributed by atoms with Gasteiger partial charge in [-0.15, -0.1) is 11.3 Å². The van der Waals surface area contributed by atoms with Crippen molar-refractivity contribution < 1.29 is 4.42 Å². The number of furan rings is 1. The third-order valence-corrected chi connectivity index (χ3v) is 12.1. The first-order valence-electron chi connectivity index (χ1n) is 17.9. The van der Waals surface area contributed by atoms with Crippen molar-refractivity contribution in [2.24, 2.45) is 0 Å². The van der Waals surface area contributed by atoms with Crippen molar-refractivity contribution in [2.45, 2.75) is 19.3 Å². The van der Waals surface area contributed by atoms with Gasteiger partial charge in [0.25, 0.3) is 0 Å². The van der Waals surface area contributed by atoms with Gasteiger partial charge in [-0.1, -0.05) is 129 Å². The first-order chi connectivity index (χ1) is 26.0. The van der Waals surface area contributed by atoms with Crippen molar-refractivity contribution in [3.8, 4) is 56.4 Å². The fourth-order valence-corrected chi connectivity index (χ4v) is 9.46. The van der Waals surface area contributed by atoms with Crippen LogP contribution in [0, 0.1) is 0 Å². The molecule has 1 aliphatic carbocycles. The van der Waals surface area contributed by atoms with E-state index in [0.29, 0.717) is 17.5 Å². The Labute approximate surface area is 310 Å². The molecule has 250 valence electrons. The molecule has 53 heavy (non-hydrogen) atoms. The summed E-state index contributed by atoms with van der Waals surface area (Å²) >= 11 is 1.80. The van der Waals surface area contributed by atoms with Gasteiger partial charge in [0.05, 0.1) is 0 Å². The standard InChI is InChI=1S/C48H31N3OS/c1-48(2)38-16-8-6-13-33(38)37-25-29(21-24-39(37)48)45-49-46(51-47(50-45)31-19-22-35-34-14-7-9-18-42(34)53-43(35)27-31)30-20-23-36-41(26-30)52-40-17-10-15-32(44(36)40)28-11-4-3-5-12-28/h3-27H,1-2H3. The Kier molecular flexibility index (Phi) is 6.43. The van der Waals surface area contributed by atoms with E-state index in [1.165, 1.54) is 42.4 Å². The molecular weight excluding hydrogens is 667 g/mol. The number of aromatic nitrogens is 3. The van der Waals surface area contributed by atoms with Crippen LogP contribution in [0.1, 0.15) is 25.0 Å². The number of thiophene rings is 1. The predicted molar refractivity (Wildman–Crippen MR) is 219 cm³/mol. The lowest BCUT2D eigenvalue weighted by molar-refractivity contribution is 0.660. The van der Waals surface area contributed by atoms with Crippen molar-refractivity contribution in [2.75, 3.05) is 0 Å². The summed E-state index contributed by atoms with van der Waals surface area (Å²) in [5.41, 5.74) is 11.8. The van der Waals surface area contributed by atoms with Crippen LogP contribution < -0.4 is 0 Å². The van der Waals surface area contributed by atoms with Gasteiger partial charge < -0.3 is 4.42 Å². The fourth-order valence-electron chi connectivity index (χ4n) is 8.31. The largest absolute Gasteiger partial charge is 0.456 e. The molecular formula is C48H31N3OS. The topological polar surface area (TPSA) is 51.8 Å². The Balaban J connectivity index is 1.10. The maximum Gasteiger partial charge on any atom is 0.164 e. The van der Waals surface area contributed by atoms with Crippen LogP contribution in [0.4, 0.5) is 0 Å². The molecule has 0 unspecified atom stereocenters. The Hall–Kier alpha value is -6.43. The highest BCUT2D eigenvalue weighted by Crippen LogP contribution is 2.49. The molecule has 11 rings (SSSR count). The van der Waals surface area contributed by atoms with Gasteiger partial charge in [0.2, 0.25) is 0 Å². The van der Waals surface area contributed by atoms with Crippen LogP contribution in [-0.2, 0) is 5.41 Å². The summed E-state index contributed by atoms with van der Waals surface area (Å²) < 4.78 is 9.00. The van der Waals surface area contributed by atoms with Gasteiger partial charge in [0.1, 0.15) is 11.2 Å². The maximum absolute atomic E-state index is 6.52. The number of hydrogen-bond acceptors (Lipinski definition) is 5. The Morgan fingerprint density at radius 1 is 0.434 bits per heavy atom. The van der Waals surface area contributed by atoms with Crippen LogP contribution in [0.3, 0.4) is 0 Å². The molecule has 3 aromatic heterocycles. The summed E-state index contributed by atoms with van der Waals surface area (Å²) in [6.45, 7) is 4.61. The normalized spacial score (nSPS) is 13.2. The molecule has 0 saturated carbocycles. The van der Waals surface area contributed by atoms with E-state index in [-0.39, 0.29) is 5.41 Å². The molecule has 0 atom stereocenters. The van der Waals surface area contributed by atoms with E-state index >= 15 is 0 Å². The lowest BCUT2D eigenvalue weighted by Gasteiger charge is -2.21. The molecule has 0 amide bonds. The summed E-state index contributed by atoms with van der Waals surface area (Å²) in [7, 11) is 0. The first kappa shape index (κ1) is 30.2. The Morgan fingerprint density at radius 2 is 1.06 bits per heavy atom. The van der Waals surface area contributed by atoms with Gasteiger partial charge in [-0.05, 0) is 69.8 Å². The average Bonchev–Trinajstić information content (AvgIpc) is 3.85. The van der Waals surface area contributed by atoms with Gasteiger partial charge in [0, 0.05) is 53.1 Å². The SMILES string of the molecule is CC1(C)c2ccccc2-c2cc(-c3nc(-c4ccc5c(c4)oc4cccc(-c6ccccc6)c45)nc(-c4ccc5c(c4)sc4ccccc45)n3)ccc21. The summed E-state index contributed by atoms with van der Waals surface area (Å²) in [4.78, 5) is 15.5. The zero-order chi connectivity index (χ0) is 35.3. The molecule has 10 aromatic rings. The second kappa shape index (κ2) is 11.3. The van der Waals surface area contributed by atoms with E-state index in [4.69, 9.17) is 19.4 Å². The van der Waals surface area contributed by atoms with Gasteiger partial charge in [-0.25, -0.2) is 15.0 Å². The molecule has 5 heteroatoms. The van der Waals surface area contributed by atoms with E-state index in [9.17, 15) is 0 Å². The van der Waals surface area contributed by atoms with Crippen LogP contribution in [0.25, 0.3) is 98.5 Å². The molecule has 0 radical (unpaired) electrons. The van der Waals surface area contributed by atoms with Crippen LogP contribution in [0.5, 0.6) is 0 Å². The quantitative estimate of drug-likeness (QED) is 0.184. The maximum atomic E-state index is 6.52. The number of nitrogens with zero attached hydrogens (tertiary/aromatic N) is 3. The van der Waals surface area contributed by atoms with E-state index in [2.05, 4.69) is 153 Å². The minimum atomic E-state index is -0.0814. The third kappa shape index (κ3) is 4.64. The highest BCUT2D eigenvalue weighted by atomic mass is 32.1. The molecule has 0 N–H and O–H groups in total. The molecule has 0 aliphatic heterocycles. The smallest absolute Gasteiger partial charge is 0.164 e. The van der Waals surface area contributed by atoms with Gasteiger partial charge in [-0.2, -0.15) is 0 Å². The van der Waals surface area contributed by atoms with E-state index in [1.54, 1.807) is 11.3 Å². The van der Waals surface area contributed by atoms with E-state index < -0.39 is 0 Å². The van der Waals surface area contributed by atoms with Crippen LogP contribution >= 0.6 is 11.3 Å². The number of hydrogen-bond donors (Lipinski definition) is 0. The molecule has 0 bridgehead atoms.